The lowest BCUT2D eigenvalue weighted by molar-refractivity contribution is 0.117. The molecule has 0 aliphatic carbocycles. The van der Waals surface area contributed by atoms with Crippen molar-refractivity contribution in [1.29, 1.82) is 0 Å². The van der Waals surface area contributed by atoms with E-state index >= 15 is 0 Å². The molecule has 2 amide bonds. The van der Waals surface area contributed by atoms with Crippen molar-refractivity contribution in [2.24, 2.45) is 5.92 Å². The summed E-state index contributed by atoms with van der Waals surface area (Å²) >= 11 is 0. The Bertz CT molecular complexity index is 416. The lowest BCUT2D eigenvalue weighted by atomic mass is 10.0. The molecule has 0 spiro atoms. The first kappa shape index (κ1) is 16.3. The van der Waals surface area contributed by atoms with Gasteiger partial charge in [0.1, 0.15) is 0 Å². The lowest BCUT2D eigenvalue weighted by Crippen LogP contribution is -2.32. The number of aliphatic hydroxyl groups excluding tert-OH is 1. The second kappa shape index (κ2) is 7.75. The summed E-state index contributed by atoms with van der Waals surface area (Å²) in [6, 6.07) is 7.35. The minimum absolute atomic E-state index is 0.207. The Balaban J connectivity index is 2.35. The molecule has 0 saturated heterocycles. The molecule has 1 unspecified atom stereocenters. The molecule has 1 aromatic rings. The zero-order valence-corrected chi connectivity index (χ0v) is 12.7. The smallest absolute Gasteiger partial charge is 0.319 e. The Morgan fingerprint density at radius 2 is 1.85 bits per heavy atom. The fraction of sp³-hybridized carbons (Fsp3) is 0.533. The van der Waals surface area contributed by atoms with Gasteiger partial charge < -0.3 is 20.6 Å². The van der Waals surface area contributed by atoms with E-state index in [-0.39, 0.29) is 18.1 Å². The Morgan fingerprint density at radius 3 is 2.35 bits per heavy atom. The predicted molar refractivity (Wildman–Crippen MR) is 83.3 cm³/mol. The summed E-state index contributed by atoms with van der Waals surface area (Å²) in [6.07, 6.45) is 0.180. The third-order valence-electron chi connectivity index (χ3n) is 3.14. The van der Waals surface area contributed by atoms with E-state index in [0.717, 1.165) is 11.4 Å². The highest BCUT2D eigenvalue weighted by molar-refractivity contribution is 5.89. The third kappa shape index (κ3) is 5.48. The maximum Gasteiger partial charge on any atom is 0.319 e. The summed E-state index contributed by atoms with van der Waals surface area (Å²) in [5.74, 6) is 0.207. The van der Waals surface area contributed by atoms with E-state index in [4.69, 9.17) is 0 Å². The minimum Gasteiger partial charge on any atom is -0.393 e. The van der Waals surface area contributed by atoms with Gasteiger partial charge in [-0.25, -0.2) is 4.79 Å². The topological polar surface area (TPSA) is 64.6 Å². The zero-order valence-electron chi connectivity index (χ0n) is 12.7. The van der Waals surface area contributed by atoms with Crippen LogP contribution < -0.4 is 15.5 Å². The normalized spacial score (nSPS) is 12.1. The summed E-state index contributed by atoms with van der Waals surface area (Å²) in [5.41, 5.74) is 1.83. The van der Waals surface area contributed by atoms with Crippen molar-refractivity contribution in [2.45, 2.75) is 26.4 Å². The van der Waals surface area contributed by atoms with Crippen LogP contribution in [0.15, 0.2) is 24.3 Å². The summed E-state index contributed by atoms with van der Waals surface area (Å²) in [7, 11) is 3.93. The molecule has 0 saturated carbocycles. The van der Waals surface area contributed by atoms with Crippen molar-refractivity contribution in [3.05, 3.63) is 24.3 Å². The fourth-order valence-electron chi connectivity index (χ4n) is 1.69. The molecule has 20 heavy (non-hydrogen) atoms. The van der Waals surface area contributed by atoms with Crippen molar-refractivity contribution in [3.63, 3.8) is 0 Å². The van der Waals surface area contributed by atoms with Crippen molar-refractivity contribution in [2.75, 3.05) is 30.9 Å². The highest BCUT2D eigenvalue weighted by atomic mass is 16.3. The highest BCUT2D eigenvalue weighted by Crippen LogP contribution is 2.15. The first-order valence-corrected chi connectivity index (χ1v) is 6.90. The molecule has 112 valence electrons. The van der Waals surface area contributed by atoms with E-state index in [1.807, 2.05) is 57.1 Å². The summed E-state index contributed by atoms with van der Waals surface area (Å²) in [5, 5.41) is 15.1. The first-order valence-electron chi connectivity index (χ1n) is 6.90. The highest BCUT2D eigenvalue weighted by Gasteiger charge is 2.09. The molecular formula is C15H25N3O2. The number of nitrogens with one attached hydrogen (secondary N) is 2. The maximum absolute atomic E-state index is 11.7. The molecule has 0 aromatic heterocycles. The number of amides is 2. The summed E-state index contributed by atoms with van der Waals surface area (Å²) in [4.78, 5) is 13.7. The van der Waals surface area contributed by atoms with Crippen molar-refractivity contribution in [1.82, 2.24) is 5.32 Å². The van der Waals surface area contributed by atoms with Gasteiger partial charge in [0.05, 0.1) is 6.10 Å². The van der Waals surface area contributed by atoms with Gasteiger partial charge in [0.25, 0.3) is 0 Å². The van der Waals surface area contributed by atoms with Crippen LogP contribution in [0.25, 0.3) is 0 Å². The van der Waals surface area contributed by atoms with Crippen LogP contribution in [0.5, 0.6) is 0 Å². The van der Waals surface area contributed by atoms with Gasteiger partial charge in [-0.3, -0.25) is 0 Å². The van der Waals surface area contributed by atoms with Crippen molar-refractivity contribution >= 4 is 17.4 Å². The van der Waals surface area contributed by atoms with E-state index in [2.05, 4.69) is 10.6 Å². The minimum atomic E-state index is -0.380. The van der Waals surface area contributed by atoms with Gasteiger partial charge in [-0.15, -0.1) is 0 Å². The van der Waals surface area contributed by atoms with Gasteiger partial charge in [0, 0.05) is 32.0 Å². The molecule has 3 N–H and O–H groups in total. The fourth-order valence-corrected chi connectivity index (χ4v) is 1.69. The zero-order chi connectivity index (χ0) is 15.1. The number of carbonyl (C=O) groups excluding carboxylic acids is 1. The largest absolute Gasteiger partial charge is 0.393 e. The number of benzene rings is 1. The average molecular weight is 279 g/mol. The average Bonchev–Trinajstić information content (AvgIpc) is 2.39. The van der Waals surface area contributed by atoms with E-state index in [9.17, 15) is 9.90 Å². The SMILES string of the molecule is CC(C)C(O)CCNC(=O)Nc1ccc(N(C)C)cc1. The number of anilines is 2. The number of rotatable bonds is 6. The monoisotopic (exact) mass is 279 g/mol. The van der Waals surface area contributed by atoms with Crippen LogP contribution in [0.4, 0.5) is 16.2 Å². The van der Waals surface area contributed by atoms with Gasteiger partial charge in [-0.2, -0.15) is 0 Å². The summed E-state index contributed by atoms with van der Waals surface area (Å²) < 4.78 is 0. The molecule has 1 rings (SSSR count). The van der Waals surface area contributed by atoms with Crippen LogP contribution in [0.3, 0.4) is 0 Å². The molecule has 5 heteroatoms. The second-order valence-corrected chi connectivity index (χ2v) is 5.42. The second-order valence-electron chi connectivity index (χ2n) is 5.42. The number of urea groups is 1. The Labute approximate surface area is 121 Å². The van der Waals surface area contributed by atoms with Crippen molar-refractivity contribution in [3.8, 4) is 0 Å². The molecule has 0 heterocycles. The van der Waals surface area contributed by atoms with E-state index in [0.29, 0.717) is 13.0 Å². The third-order valence-corrected chi connectivity index (χ3v) is 3.14. The Kier molecular flexibility index (Phi) is 6.31. The Hall–Kier alpha value is -1.75. The number of nitrogens with zero attached hydrogens (tertiary/aromatic N) is 1. The number of carbonyl (C=O) groups is 1. The van der Waals surface area contributed by atoms with E-state index in [1.54, 1.807) is 0 Å². The van der Waals surface area contributed by atoms with E-state index in [1.165, 1.54) is 0 Å². The van der Waals surface area contributed by atoms with Crippen molar-refractivity contribution < 1.29 is 9.90 Å². The van der Waals surface area contributed by atoms with Crippen LogP contribution >= 0.6 is 0 Å². The van der Waals surface area contributed by atoms with Crippen LogP contribution in [-0.4, -0.2) is 37.9 Å². The molecule has 0 radical (unpaired) electrons. The standard InChI is InChI=1S/C15H25N3O2/c1-11(2)14(19)9-10-16-15(20)17-12-5-7-13(8-6-12)18(3)4/h5-8,11,14,19H,9-10H2,1-4H3,(H2,16,17,20). The van der Waals surface area contributed by atoms with Gasteiger partial charge in [0.15, 0.2) is 0 Å². The van der Waals surface area contributed by atoms with Crippen LogP contribution in [0.2, 0.25) is 0 Å². The molecule has 0 aliphatic rings. The number of hydrogen-bond donors (Lipinski definition) is 3. The molecule has 1 aromatic carbocycles. The van der Waals surface area contributed by atoms with Gasteiger partial charge >= 0.3 is 6.03 Å². The Morgan fingerprint density at radius 1 is 1.25 bits per heavy atom. The van der Waals surface area contributed by atoms with Crippen LogP contribution in [0.1, 0.15) is 20.3 Å². The van der Waals surface area contributed by atoms with Gasteiger partial charge in [-0.05, 0) is 36.6 Å². The quantitative estimate of drug-likeness (QED) is 0.748. The molecule has 1 atom stereocenters. The first-order chi connectivity index (χ1) is 9.40. The van der Waals surface area contributed by atoms with Gasteiger partial charge in [0.2, 0.25) is 0 Å². The van der Waals surface area contributed by atoms with Crippen LogP contribution in [0, 0.1) is 5.92 Å². The molecule has 0 aliphatic heterocycles. The van der Waals surface area contributed by atoms with E-state index < -0.39 is 0 Å². The number of hydrogen-bond acceptors (Lipinski definition) is 3. The maximum atomic E-state index is 11.7. The summed E-state index contributed by atoms with van der Waals surface area (Å²) in [6.45, 7) is 4.37. The molecule has 0 bridgehead atoms. The van der Waals surface area contributed by atoms with Crippen LogP contribution in [-0.2, 0) is 0 Å². The predicted octanol–water partition coefficient (Wildman–Crippen LogP) is 2.28. The molecule has 5 nitrogen and oxygen atoms in total. The molecular weight excluding hydrogens is 254 g/mol. The molecule has 0 fully saturated rings. The number of aliphatic hydroxyl groups is 1. The van der Waals surface area contributed by atoms with Gasteiger partial charge in [-0.1, -0.05) is 13.8 Å². The lowest BCUT2D eigenvalue weighted by Gasteiger charge is -2.15.